The molecule has 18 nitrogen and oxygen atoms in total. The number of hydrogen-bond donors (Lipinski definition) is 6. The fraction of sp³-hybridized carbons (Fsp3) is 0.688. The third kappa shape index (κ3) is 14.6. The first-order valence-electron chi connectivity index (χ1n) is 24.6. The Labute approximate surface area is 397 Å². The highest BCUT2D eigenvalue weighted by atomic mass is 32.2. The fourth-order valence-corrected chi connectivity index (χ4v) is 11.3. The summed E-state index contributed by atoms with van der Waals surface area (Å²) >= 11 is 1.90. The van der Waals surface area contributed by atoms with E-state index < -0.39 is 0 Å². The molecule has 0 unspecified atom stereocenters. The molecule has 3 aliphatic heterocycles. The van der Waals surface area contributed by atoms with Gasteiger partial charge in [0.2, 0.25) is 23.6 Å². The Morgan fingerprint density at radius 2 is 1.49 bits per heavy atom. The summed E-state index contributed by atoms with van der Waals surface area (Å²) in [5, 5.41) is 22.8. The summed E-state index contributed by atoms with van der Waals surface area (Å²) in [5.41, 5.74) is 4.73. The molecule has 7 rings (SSSR count). The Hall–Kier alpha value is -4.72. The maximum atomic E-state index is 12.9. The number of carbonyl (C=O) groups excluding carboxylic acids is 5. The van der Waals surface area contributed by atoms with Gasteiger partial charge in [0.15, 0.2) is 0 Å². The lowest BCUT2D eigenvalue weighted by atomic mass is 9.90. The number of carbonyl (C=O) groups is 5. The number of amides is 6. The van der Waals surface area contributed by atoms with Gasteiger partial charge in [0.1, 0.15) is 11.6 Å². The van der Waals surface area contributed by atoms with Crippen LogP contribution in [0.1, 0.15) is 132 Å². The molecular formula is C48H71N9O9S. The number of fused-ring (bicyclic) bond motifs is 2. The number of benzene rings is 1. The van der Waals surface area contributed by atoms with Crippen LogP contribution in [0.5, 0.6) is 0 Å². The molecule has 1 saturated carbocycles. The van der Waals surface area contributed by atoms with Gasteiger partial charge in [0, 0.05) is 80.6 Å². The highest BCUT2D eigenvalue weighted by Gasteiger charge is 2.42. The van der Waals surface area contributed by atoms with E-state index in [9.17, 15) is 24.0 Å². The van der Waals surface area contributed by atoms with Crippen LogP contribution in [-0.2, 0) is 33.4 Å². The number of aryl methyl sites for hydroxylation is 2. The summed E-state index contributed by atoms with van der Waals surface area (Å²) in [7, 11) is 0. The normalized spacial score (nSPS) is 22.5. The third-order valence-electron chi connectivity index (χ3n) is 13.2. The topological polar surface area (TPSA) is 229 Å². The summed E-state index contributed by atoms with van der Waals surface area (Å²) in [4.78, 5) is 66.5. The quantitative estimate of drug-likeness (QED) is 0.0428. The van der Waals surface area contributed by atoms with Crippen LogP contribution in [-0.4, -0.2) is 126 Å². The predicted octanol–water partition coefficient (Wildman–Crippen LogP) is 5.21. The van der Waals surface area contributed by atoms with E-state index in [-0.39, 0.29) is 59.9 Å². The van der Waals surface area contributed by atoms with Crippen LogP contribution in [0.25, 0.3) is 22.2 Å². The number of piperidine rings is 1. The Bertz CT molecular complexity index is 2100. The number of unbranched alkanes of at least 4 members (excludes halogenated alkanes) is 1. The van der Waals surface area contributed by atoms with Gasteiger partial charge in [-0.1, -0.05) is 17.6 Å². The van der Waals surface area contributed by atoms with E-state index in [2.05, 4.69) is 59.8 Å². The summed E-state index contributed by atoms with van der Waals surface area (Å²) in [5.74, 6) is 2.64. The highest BCUT2D eigenvalue weighted by Crippen LogP contribution is 2.38. The largest absolute Gasteiger partial charge is 0.379 e. The van der Waals surface area contributed by atoms with Crippen molar-refractivity contribution in [3.05, 3.63) is 35.5 Å². The zero-order chi connectivity index (χ0) is 47.0. The third-order valence-corrected chi connectivity index (χ3v) is 14.7. The number of nitrogens with one attached hydrogen (secondary N) is 6. The maximum Gasteiger partial charge on any atom is 0.315 e. The van der Waals surface area contributed by atoms with Gasteiger partial charge < -0.3 is 55.2 Å². The van der Waals surface area contributed by atoms with Crippen LogP contribution in [0.3, 0.4) is 0 Å². The molecule has 3 aromatic rings. The second-order valence-corrected chi connectivity index (χ2v) is 19.6. The molecule has 6 N–H and O–H groups in total. The van der Waals surface area contributed by atoms with Gasteiger partial charge in [0.25, 0.3) is 0 Å². The van der Waals surface area contributed by atoms with Crippen LogP contribution in [0.15, 0.2) is 22.7 Å². The average molecular weight is 950 g/mol. The van der Waals surface area contributed by atoms with Gasteiger partial charge in [0.05, 0.1) is 61.3 Å². The molecule has 1 aliphatic carbocycles. The first kappa shape index (κ1) is 50.2. The van der Waals surface area contributed by atoms with Gasteiger partial charge >= 0.3 is 6.03 Å². The van der Waals surface area contributed by atoms with Gasteiger partial charge in [-0.15, -0.1) is 0 Å². The van der Waals surface area contributed by atoms with Crippen LogP contribution in [0.2, 0.25) is 0 Å². The zero-order valence-electron chi connectivity index (χ0n) is 39.3. The van der Waals surface area contributed by atoms with Crippen molar-refractivity contribution in [3.63, 3.8) is 0 Å². The number of ether oxygens (including phenoxy) is 3. The summed E-state index contributed by atoms with van der Waals surface area (Å²) in [6.45, 7) is 7.86. The first-order chi connectivity index (χ1) is 32.6. The Morgan fingerprint density at radius 1 is 0.806 bits per heavy atom. The van der Waals surface area contributed by atoms with Gasteiger partial charge in [-0.2, -0.15) is 11.8 Å². The van der Waals surface area contributed by atoms with E-state index in [1.165, 1.54) is 0 Å². The number of aromatic nitrogens is 3. The van der Waals surface area contributed by atoms with E-state index in [1.807, 2.05) is 25.6 Å². The molecule has 368 valence electrons. The molecule has 0 radical (unpaired) electrons. The van der Waals surface area contributed by atoms with E-state index in [0.717, 1.165) is 109 Å². The van der Waals surface area contributed by atoms with Crippen molar-refractivity contribution in [2.75, 3.05) is 58.5 Å². The molecule has 4 atom stereocenters. The predicted molar refractivity (Wildman–Crippen MR) is 254 cm³/mol. The van der Waals surface area contributed by atoms with Crippen LogP contribution >= 0.6 is 11.8 Å². The number of imidazole rings is 1. The molecule has 19 heteroatoms. The second kappa shape index (κ2) is 25.6. The van der Waals surface area contributed by atoms with Crippen molar-refractivity contribution < 1.29 is 42.7 Å². The molecule has 0 bridgehead atoms. The smallest absolute Gasteiger partial charge is 0.315 e. The van der Waals surface area contributed by atoms with Crippen molar-refractivity contribution in [2.24, 2.45) is 0 Å². The SMILES string of the molecule is Cc1noc(C)c1-c1ccc2c(c1)nc([C@@H]1CCCC(=O)N1)n2C1CCC(NC(=O)CCCC(=O)NCCCOCCOCCOCCCNC(=O)CCCC[C@@H]2SC[C@@H]3NC(=O)N[C@@H]32)CC1. The first-order valence-corrected chi connectivity index (χ1v) is 25.7. The van der Waals surface area contributed by atoms with Gasteiger partial charge in [-0.3, -0.25) is 19.2 Å². The zero-order valence-corrected chi connectivity index (χ0v) is 40.1. The molecule has 5 heterocycles. The Balaban J connectivity index is 0.668. The van der Waals surface area contributed by atoms with Crippen LogP contribution in [0, 0.1) is 13.8 Å². The molecule has 0 spiro atoms. The van der Waals surface area contributed by atoms with Crippen molar-refractivity contribution in [2.45, 2.75) is 152 Å². The van der Waals surface area contributed by atoms with Crippen molar-refractivity contribution in [1.29, 1.82) is 0 Å². The molecular weight excluding hydrogens is 879 g/mol. The van der Waals surface area contributed by atoms with Gasteiger partial charge in [-0.25, -0.2) is 9.78 Å². The number of hydrogen-bond acceptors (Lipinski definition) is 12. The Kier molecular flexibility index (Phi) is 19.2. The number of urea groups is 1. The standard InChI is InChI=1S/C48H71N9O9S/c1-31-45(32(2)66-56-31)33-15-20-39-37(29-33)53-47(36-9-5-13-44(61)52-36)57(39)35-18-16-34(17-19-35)51-43(60)14-6-12-42(59)50-22-8-24-64-26-28-65-27-25-63-23-7-21-49-41(58)11-4-3-10-40-46-38(30-67-40)54-48(62)55-46/h15,20,29,34-36,38,40,46H,3-14,16-19,21-28,30H2,1-2H3,(H,49,58)(H,50,59)(H,51,60)(H,52,61)(H2,54,55,62)/t34?,35?,36-,38-,40-,46-/m0/s1. The summed E-state index contributed by atoms with van der Waals surface area (Å²) in [6.07, 6.45) is 11.5. The molecule has 2 aromatic heterocycles. The van der Waals surface area contributed by atoms with Crippen LogP contribution < -0.4 is 31.9 Å². The molecule has 67 heavy (non-hydrogen) atoms. The monoisotopic (exact) mass is 950 g/mol. The minimum Gasteiger partial charge on any atom is -0.379 e. The molecule has 4 aliphatic rings. The van der Waals surface area contributed by atoms with Crippen LogP contribution in [0.4, 0.5) is 4.79 Å². The minimum atomic E-state index is -0.144. The van der Waals surface area contributed by atoms with Crippen molar-refractivity contribution >= 4 is 52.5 Å². The van der Waals surface area contributed by atoms with E-state index in [4.69, 9.17) is 23.7 Å². The average Bonchev–Trinajstić information content (AvgIpc) is 4.08. The van der Waals surface area contributed by atoms with E-state index >= 15 is 0 Å². The minimum absolute atomic E-state index is 0.0270. The van der Waals surface area contributed by atoms with E-state index in [0.29, 0.717) is 96.5 Å². The Morgan fingerprint density at radius 3 is 2.18 bits per heavy atom. The molecule has 3 saturated heterocycles. The highest BCUT2D eigenvalue weighted by molar-refractivity contribution is 8.00. The number of nitrogens with zero attached hydrogens (tertiary/aromatic N) is 3. The van der Waals surface area contributed by atoms with Crippen molar-refractivity contribution in [1.82, 2.24) is 46.6 Å². The lowest BCUT2D eigenvalue weighted by Gasteiger charge is -2.33. The lowest BCUT2D eigenvalue weighted by Crippen LogP contribution is -2.39. The molecule has 6 amide bonds. The number of rotatable bonds is 27. The maximum absolute atomic E-state index is 12.9. The molecule has 1 aromatic carbocycles. The number of thioether (sulfide) groups is 1. The molecule has 4 fully saturated rings. The fourth-order valence-electron chi connectivity index (χ4n) is 9.78. The summed E-state index contributed by atoms with van der Waals surface area (Å²) in [6, 6.07) is 6.82. The van der Waals surface area contributed by atoms with Crippen molar-refractivity contribution in [3.8, 4) is 11.1 Å². The lowest BCUT2D eigenvalue weighted by molar-refractivity contribution is -0.124. The summed E-state index contributed by atoms with van der Waals surface area (Å²) < 4.78 is 24.6. The van der Waals surface area contributed by atoms with Gasteiger partial charge in [-0.05, 0) is 102 Å². The second-order valence-electron chi connectivity index (χ2n) is 18.3. The van der Waals surface area contributed by atoms with E-state index in [1.54, 1.807) is 0 Å².